The van der Waals surface area contributed by atoms with E-state index in [0.29, 0.717) is 24.3 Å². The number of carboxylic acid groups (broad SMARTS) is 1. The summed E-state index contributed by atoms with van der Waals surface area (Å²) in [6.07, 6.45) is -4.16. The lowest BCUT2D eigenvalue weighted by molar-refractivity contribution is -0.242. The fraction of sp³-hybridized carbons (Fsp3) is 0.611. The number of benzene rings is 1. The van der Waals surface area contributed by atoms with Crippen LogP contribution in [-0.2, 0) is 15.1 Å². The van der Waals surface area contributed by atoms with Crippen LogP contribution in [0.25, 0.3) is 0 Å². The van der Waals surface area contributed by atoms with Gasteiger partial charge in [0.05, 0.1) is 11.7 Å². The molecule has 0 bridgehead atoms. The summed E-state index contributed by atoms with van der Waals surface area (Å²) in [5, 5.41) is 44.9. The molecule has 0 spiro atoms. The van der Waals surface area contributed by atoms with Crippen molar-refractivity contribution in [2.24, 2.45) is 11.7 Å². The second-order valence-electron chi connectivity index (χ2n) is 6.67. The van der Waals surface area contributed by atoms with Gasteiger partial charge in [0.25, 0.3) is 0 Å². The van der Waals surface area contributed by atoms with Crippen molar-refractivity contribution < 1.29 is 44.5 Å². The third-order valence-corrected chi connectivity index (χ3v) is 5.00. The van der Waals surface area contributed by atoms with Crippen LogP contribution in [0.2, 0.25) is 0 Å². The lowest BCUT2D eigenvalue weighted by Crippen LogP contribution is -2.58. The number of aliphatic hydroxyl groups excluding tert-OH is 2. The van der Waals surface area contributed by atoms with Crippen LogP contribution >= 0.6 is 0 Å². The highest BCUT2D eigenvalue weighted by Crippen LogP contribution is 2.34. The number of carboxylic acids is 1. The minimum absolute atomic E-state index is 0.0770. The SMILES string of the molecule is CCC(O)(c1cccc(OC(O)C[C@@H]2OC(C(=O)O)C2O)c1)C(C)CN.OF. The third-order valence-electron chi connectivity index (χ3n) is 5.00. The summed E-state index contributed by atoms with van der Waals surface area (Å²) in [6, 6.07) is 6.74. The van der Waals surface area contributed by atoms with Gasteiger partial charge in [-0.2, -0.15) is 0 Å². The molecule has 1 aliphatic rings. The summed E-state index contributed by atoms with van der Waals surface area (Å²) in [7, 11) is 0. The average molecular weight is 405 g/mol. The molecule has 28 heavy (non-hydrogen) atoms. The molecule has 5 unspecified atom stereocenters. The van der Waals surface area contributed by atoms with Crippen molar-refractivity contribution in [1.82, 2.24) is 0 Å². The molecule has 0 saturated carbocycles. The fourth-order valence-corrected chi connectivity index (χ4v) is 3.13. The molecule has 1 heterocycles. The zero-order valence-corrected chi connectivity index (χ0v) is 15.7. The number of carbonyl (C=O) groups is 1. The van der Waals surface area contributed by atoms with Crippen molar-refractivity contribution in [2.45, 2.75) is 56.9 Å². The molecule has 0 amide bonds. The van der Waals surface area contributed by atoms with Gasteiger partial charge in [0.1, 0.15) is 11.9 Å². The lowest BCUT2D eigenvalue weighted by Gasteiger charge is -2.39. The minimum Gasteiger partial charge on any atom is -0.479 e. The molecule has 0 aromatic heterocycles. The lowest BCUT2D eigenvalue weighted by atomic mass is 9.80. The van der Waals surface area contributed by atoms with Gasteiger partial charge in [0.15, 0.2) is 12.4 Å². The number of aliphatic hydroxyl groups is 3. The third kappa shape index (κ3) is 5.37. The van der Waals surface area contributed by atoms with Gasteiger partial charge in [-0.25, -0.2) is 10.1 Å². The predicted octanol–water partition coefficient (Wildman–Crippen LogP) is 0.0424. The van der Waals surface area contributed by atoms with Gasteiger partial charge < -0.3 is 35.6 Å². The number of ether oxygens (including phenoxy) is 2. The number of halogens is 1. The van der Waals surface area contributed by atoms with E-state index >= 15 is 0 Å². The molecule has 160 valence electrons. The van der Waals surface area contributed by atoms with E-state index in [1.165, 1.54) is 0 Å². The van der Waals surface area contributed by atoms with Gasteiger partial charge in [-0.05, 0) is 30.7 Å². The Morgan fingerprint density at radius 1 is 1.43 bits per heavy atom. The largest absolute Gasteiger partial charge is 0.479 e. The number of rotatable bonds is 9. The Balaban J connectivity index is 0.00000190. The van der Waals surface area contributed by atoms with Gasteiger partial charge in [0, 0.05) is 12.3 Å². The predicted molar refractivity (Wildman–Crippen MR) is 95.7 cm³/mol. The van der Waals surface area contributed by atoms with Gasteiger partial charge >= 0.3 is 5.97 Å². The summed E-state index contributed by atoms with van der Waals surface area (Å²) < 4.78 is 19.0. The van der Waals surface area contributed by atoms with Crippen LogP contribution in [0.15, 0.2) is 24.3 Å². The summed E-state index contributed by atoms with van der Waals surface area (Å²) in [5.74, 6) is -1.07. The Labute approximate surface area is 162 Å². The van der Waals surface area contributed by atoms with E-state index in [4.69, 9.17) is 30.2 Å². The monoisotopic (exact) mass is 405 g/mol. The van der Waals surface area contributed by atoms with Crippen LogP contribution in [0, 0.1) is 5.92 Å². The highest BCUT2D eigenvalue weighted by Gasteiger charge is 2.46. The smallest absolute Gasteiger partial charge is 0.335 e. The molecule has 2 rings (SSSR count). The molecule has 1 saturated heterocycles. The first-order chi connectivity index (χ1) is 13.2. The fourth-order valence-electron chi connectivity index (χ4n) is 3.13. The van der Waals surface area contributed by atoms with Crippen molar-refractivity contribution in [2.75, 3.05) is 6.54 Å². The highest BCUT2D eigenvalue weighted by molar-refractivity contribution is 5.74. The van der Waals surface area contributed by atoms with Crippen molar-refractivity contribution in [3.63, 3.8) is 0 Å². The van der Waals surface area contributed by atoms with Crippen molar-refractivity contribution in [3.05, 3.63) is 29.8 Å². The van der Waals surface area contributed by atoms with Crippen LogP contribution in [0.4, 0.5) is 4.53 Å². The molecule has 1 aliphatic heterocycles. The first kappa shape index (κ1) is 24.2. The Bertz CT molecular complexity index is 633. The van der Waals surface area contributed by atoms with E-state index in [-0.39, 0.29) is 12.3 Å². The minimum atomic E-state index is -1.29. The second-order valence-corrected chi connectivity index (χ2v) is 6.67. The summed E-state index contributed by atoms with van der Waals surface area (Å²) in [5.41, 5.74) is 5.22. The number of aliphatic carboxylic acids is 1. The van der Waals surface area contributed by atoms with E-state index in [1.807, 2.05) is 13.8 Å². The van der Waals surface area contributed by atoms with Crippen LogP contribution in [-0.4, -0.2) is 62.9 Å². The standard InChI is InChI=1S/C18H27NO7.FHO/c1-3-18(24,10(2)9-19)11-5-4-6-12(7-11)25-14(20)8-13-15(21)16(26-13)17(22)23;1-2/h4-7,10,13-16,20-21,24H,3,8-9,19H2,1-2H3,(H,22,23);2H/t10?,13-,14?,15?,16?,18?;/m0./s1. The van der Waals surface area contributed by atoms with Crippen molar-refractivity contribution in [3.8, 4) is 5.75 Å². The van der Waals surface area contributed by atoms with Crippen molar-refractivity contribution >= 4 is 5.97 Å². The summed E-state index contributed by atoms with van der Waals surface area (Å²) in [6.45, 7) is 4.04. The van der Waals surface area contributed by atoms with Crippen LogP contribution in [0.3, 0.4) is 0 Å². The normalized spacial score (nSPS) is 25.4. The Morgan fingerprint density at radius 2 is 2.07 bits per heavy atom. The Hall–Kier alpha value is -1.82. The quantitative estimate of drug-likeness (QED) is 0.311. The molecule has 1 aromatic rings. The molecule has 1 fully saturated rings. The summed E-state index contributed by atoms with van der Waals surface area (Å²) >= 11 is 0. The van der Waals surface area contributed by atoms with Gasteiger partial charge in [-0.1, -0.05) is 30.5 Å². The molecule has 6 atom stereocenters. The Kier molecular flexibility index (Phi) is 9.21. The summed E-state index contributed by atoms with van der Waals surface area (Å²) in [4.78, 5) is 10.7. The molecule has 10 heteroatoms. The number of hydrogen-bond acceptors (Lipinski definition) is 8. The zero-order valence-electron chi connectivity index (χ0n) is 15.7. The molecule has 7 N–H and O–H groups in total. The van der Waals surface area contributed by atoms with Crippen LogP contribution in [0.5, 0.6) is 5.75 Å². The maximum atomic E-state index is 10.9. The number of hydrogen-bond donors (Lipinski definition) is 6. The molecular weight excluding hydrogens is 377 g/mol. The van der Waals surface area contributed by atoms with E-state index < -0.39 is 36.2 Å². The molecule has 1 aromatic carbocycles. The van der Waals surface area contributed by atoms with E-state index in [9.17, 15) is 20.1 Å². The first-order valence-corrected chi connectivity index (χ1v) is 8.83. The van der Waals surface area contributed by atoms with E-state index in [1.54, 1.807) is 24.3 Å². The van der Waals surface area contributed by atoms with Crippen LogP contribution in [0.1, 0.15) is 32.3 Å². The molecule has 9 nitrogen and oxygen atoms in total. The Morgan fingerprint density at radius 3 is 2.57 bits per heavy atom. The maximum absolute atomic E-state index is 10.9. The maximum Gasteiger partial charge on any atom is 0.335 e. The van der Waals surface area contributed by atoms with Crippen molar-refractivity contribution in [1.29, 1.82) is 0 Å². The average Bonchev–Trinajstić information content (AvgIpc) is 2.70. The second kappa shape index (κ2) is 10.6. The van der Waals surface area contributed by atoms with Gasteiger partial charge in [-0.15, -0.1) is 0 Å². The zero-order chi connectivity index (χ0) is 21.5. The topological polar surface area (TPSA) is 163 Å². The van der Waals surface area contributed by atoms with E-state index in [2.05, 4.69) is 0 Å². The van der Waals surface area contributed by atoms with Gasteiger partial charge in [-0.3, -0.25) is 0 Å². The molecule has 0 radical (unpaired) electrons. The molecule has 0 aliphatic carbocycles. The number of nitrogens with two attached hydrogens (primary N) is 1. The van der Waals surface area contributed by atoms with Gasteiger partial charge in [0.2, 0.25) is 0 Å². The first-order valence-electron chi connectivity index (χ1n) is 8.83. The van der Waals surface area contributed by atoms with Crippen LogP contribution < -0.4 is 10.5 Å². The van der Waals surface area contributed by atoms with E-state index in [0.717, 1.165) is 0 Å². The highest BCUT2D eigenvalue weighted by atomic mass is 19.3. The molecular formula is C18H28FNO8.